The number of nitrogens with one attached hydrogen (secondary N) is 1. The predicted octanol–water partition coefficient (Wildman–Crippen LogP) is 4.10. The van der Waals surface area contributed by atoms with E-state index in [1.807, 2.05) is 25.7 Å². The molecule has 1 N–H and O–H groups in total. The van der Waals surface area contributed by atoms with Crippen molar-refractivity contribution in [3.63, 3.8) is 0 Å². The molecule has 1 aromatic carbocycles. The van der Waals surface area contributed by atoms with Crippen LogP contribution in [0.2, 0.25) is 0 Å². The number of benzene rings is 1. The van der Waals surface area contributed by atoms with Gasteiger partial charge in [0.1, 0.15) is 17.2 Å². The molecule has 174 valence electrons. The van der Waals surface area contributed by atoms with E-state index in [-0.39, 0.29) is 29.7 Å². The predicted molar refractivity (Wildman–Crippen MR) is 120 cm³/mol. The molecule has 2 unspecified atom stereocenters. The lowest BCUT2D eigenvalue weighted by atomic mass is 9.99. The van der Waals surface area contributed by atoms with Crippen molar-refractivity contribution < 1.29 is 13.9 Å². The molecule has 33 heavy (non-hydrogen) atoms. The number of halogens is 1. The normalized spacial score (nSPS) is 19.6. The third-order valence-corrected chi connectivity index (χ3v) is 6.39. The minimum Gasteiger partial charge on any atom is -0.444 e. The average molecular weight is 454 g/mol. The number of rotatable bonds is 2. The molecular formula is C24H28FN5O3. The zero-order chi connectivity index (χ0) is 23.7. The van der Waals surface area contributed by atoms with Gasteiger partial charge in [0.15, 0.2) is 0 Å². The zero-order valence-corrected chi connectivity index (χ0v) is 19.5. The van der Waals surface area contributed by atoms with Crippen LogP contribution in [0.4, 0.5) is 9.18 Å². The quantitative estimate of drug-likeness (QED) is 0.633. The highest BCUT2D eigenvalue weighted by Crippen LogP contribution is 2.46. The standard InChI is InChI=1S/C24H28FN5O3/c1-13-10-16(11-14(2)20(13)25)30-21(28-9-8-26-22(28)31)19-17(27-30)12-15-6-7-18(19)29(15)23(32)33-24(3,4)5/h8-11,15,18H,6-7,12H2,1-5H3,(H,26,31). The van der Waals surface area contributed by atoms with Gasteiger partial charge in [-0.2, -0.15) is 5.10 Å². The van der Waals surface area contributed by atoms with Crippen molar-refractivity contribution in [2.75, 3.05) is 0 Å². The summed E-state index contributed by atoms with van der Waals surface area (Å²) >= 11 is 0. The molecule has 0 radical (unpaired) electrons. The second kappa shape index (κ2) is 7.33. The summed E-state index contributed by atoms with van der Waals surface area (Å²) in [5.74, 6) is 0.312. The van der Waals surface area contributed by atoms with E-state index in [9.17, 15) is 14.0 Å². The van der Waals surface area contributed by atoms with Gasteiger partial charge in [0.25, 0.3) is 0 Å². The lowest BCUT2D eigenvalue weighted by Gasteiger charge is -2.35. The van der Waals surface area contributed by atoms with E-state index < -0.39 is 5.60 Å². The van der Waals surface area contributed by atoms with Gasteiger partial charge < -0.3 is 9.72 Å². The topological polar surface area (TPSA) is 85.2 Å². The van der Waals surface area contributed by atoms with Crippen LogP contribution < -0.4 is 5.69 Å². The van der Waals surface area contributed by atoms with Crippen LogP contribution in [-0.2, 0) is 11.2 Å². The molecule has 0 spiro atoms. The molecule has 2 atom stereocenters. The number of H-pyrrole nitrogens is 1. The number of hydrogen-bond acceptors (Lipinski definition) is 4. The second-order valence-corrected chi connectivity index (χ2v) is 9.96. The van der Waals surface area contributed by atoms with Crippen molar-refractivity contribution in [3.8, 4) is 11.5 Å². The molecule has 0 aliphatic carbocycles. The van der Waals surface area contributed by atoms with Crippen molar-refractivity contribution in [3.05, 3.63) is 63.2 Å². The highest BCUT2D eigenvalue weighted by molar-refractivity contribution is 5.71. The Bertz CT molecular complexity index is 1290. The van der Waals surface area contributed by atoms with Crippen LogP contribution in [0.25, 0.3) is 11.5 Å². The minimum atomic E-state index is -0.607. The summed E-state index contributed by atoms with van der Waals surface area (Å²) < 4.78 is 23.3. The van der Waals surface area contributed by atoms with Crippen LogP contribution in [0.3, 0.4) is 0 Å². The lowest BCUT2D eigenvalue weighted by Crippen LogP contribution is -2.44. The Kier molecular flexibility index (Phi) is 4.77. The van der Waals surface area contributed by atoms with E-state index in [1.54, 1.807) is 43.1 Å². The minimum absolute atomic E-state index is 0.00631. The molecule has 4 heterocycles. The molecule has 2 bridgehead atoms. The van der Waals surface area contributed by atoms with Gasteiger partial charge in [-0.25, -0.2) is 18.7 Å². The molecule has 1 fully saturated rings. The van der Waals surface area contributed by atoms with E-state index in [2.05, 4.69) is 4.98 Å². The number of carbonyl (C=O) groups excluding carboxylic acids is 1. The number of nitrogens with zero attached hydrogens (tertiary/aromatic N) is 4. The maximum Gasteiger partial charge on any atom is 0.411 e. The Labute approximate surface area is 191 Å². The van der Waals surface area contributed by atoms with E-state index in [0.29, 0.717) is 29.1 Å². The van der Waals surface area contributed by atoms with Crippen LogP contribution >= 0.6 is 0 Å². The Balaban J connectivity index is 1.70. The highest BCUT2D eigenvalue weighted by Gasteiger charge is 2.47. The summed E-state index contributed by atoms with van der Waals surface area (Å²) in [6.07, 6.45) is 5.04. The van der Waals surface area contributed by atoms with Crippen LogP contribution in [0.15, 0.2) is 29.3 Å². The summed E-state index contributed by atoms with van der Waals surface area (Å²) in [5.41, 5.74) is 2.46. The fraction of sp³-hybridized carbons (Fsp3) is 0.458. The molecule has 8 nitrogen and oxygen atoms in total. The second-order valence-electron chi connectivity index (χ2n) is 9.96. The van der Waals surface area contributed by atoms with Crippen molar-refractivity contribution in [1.29, 1.82) is 0 Å². The van der Waals surface area contributed by atoms with Gasteiger partial charge in [-0.1, -0.05) is 0 Å². The van der Waals surface area contributed by atoms with Gasteiger partial charge in [0, 0.05) is 30.4 Å². The molecule has 1 amide bonds. The van der Waals surface area contributed by atoms with Gasteiger partial charge in [-0.15, -0.1) is 0 Å². The summed E-state index contributed by atoms with van der Waals surface area (Å²) in [7, 11) is 0. The summed E-state index contributed by atoms with van der Waals surface area (Å²) in [6.45, 7) is 8.98. The fourth-order valence-corrected chi connectivity index (χ4v) is 5.08. The molecule has 0 saturated carbocycles. The number of fused-ring (bicyclic) bond motifs is 4. The van der Waals surface area contributed by atoms with Gasteiger partial charge in [0.2, 0.25) is 0 Å². The Morgan fingerprint density at radius 1 is 1.21 bits per heavy atom. The smallest absolute Gasteiger partial charge is 0.411 e. The van der Waals surface area contributed by atoms with Gasteiger partial charge in [-0.3, -0.25) is 9.47 Å². The highest BCUT2D eigenvalue weighted by atomic mass is 19.1. The number of imidazole rings is 1. The van der Waals surface area contributed by atoms with Crippen LogP contribution in [0.5, 0.6) is 0 Å². The molecule has 3 aromatic rings. The van der Waals surface area contributed by atoms with Gasteiger partial charge >= 0.3 is 11.8 Å². The first-order chi connectivity index (χ1) is 15.5. The van der Waals surface area contributed by atoms with E-state index in [0.717, 1.165) is 24.1 Å². The average Bonchev–Trinajstić information content (AvgIpc) is 3.39. The SMILES string of the molecule is Cc1cc(-n2nc3c(c2-n2cc[nH]c2=O)C2CCC(C3)N2C(=O)OC(C)(C)C)cc(C)c1F. The van der Waals surface area contributed by atoms with E-state index in [1.165, 1.54) is 4.57 Å². The molecule has 9 heteroatoms. The first-order valence-corrected chi connectivity index (χ1v) is 11.2. The molecule has 5 rings (SSSR count). The number of aromatic nitrogens is 4. The maximum absolute atomic E-state index is 14.3. The molecule has 2 aromatic heterocycles. The Hall–Kier alpha value is -3.36. The van der Waals surface area contributed by atoms with Crippen molar-refractivity contribution in [2.24, 2.45) is 0 Å². The Morgan fingerprint density at radius 2 is 1.91 bits per heavy atom. The first-order valence-electron chi connectivity index (χ1n) is 11.2. The summed E-state index contributed by atoms with van der Waals surface area (Å²) in [5, 5.41) is 4.88. The van der Waals surface area contributed by atoms with Crippen LogP contribution in [0.1, 0.15) is 62.0 Å². The molecular weight excluding hydrogens is 425 g/mol. The summed E-state index contributed by atoms with van der Waals surface area (Å²) in [4.78, 5) is 30.3. The number of hydrogen-bond donors (Lipinski definition) is 1. The van der Waals surface area contributed by atoms with Crippen molar-refractivity contribution in [2.45, 2.75) is 71.6 Å². The van der Waals surface area contributed by atoms with Gasteiger partial charge in [-0.05, 0) is 70.7 Å². The number of aryl methyl sites for hydroxylation is 2. The van der Waals surface area contributed by atoms with Crippen molar-refractivity contribution >= 4 is 6.09 Å². The number of carbonyl (C=O) groups is 1. The monoisotopic (exact) mass is 453 g/mol. The lowest BCUT2D eigenvalue weighted by molar-refractivity contribution is 0.0124. The fourth-order valence-electron chi connectivity index (χ4n) is 5.08. The van der Waals surface area contributed by atoms with E-state index in [4.69, 9.17) is 9.84 Å². The number of aromatic amines is 1. The summed E-state index contributed by atoms with van der Waals surface area (Å²) in [6, 6.07) is 3.20. The van der Waals surface area contributed by atoms with Gasteiger partial charge in [0.05, 0.1) is 17.4 Å². The van der Waals surface area contributed by atoms with Crippen LogP contribution in [-0.4, -0.2) is 42.0 Å². The number of amides is 1. The third kappa shape index (κ3) is 3.46. The largest absolute Gasteiger partial charge is 0.444 e. The number of ether oxygens (including phenoxy) is 1. The Morgan fingerprint density at radius 3 is 2.52 bits per heavy atom. The van der Waals surface area contributed by atoms with E-state index >= 15 is 0 Å². The van der Waals surface area contributed by atoms with Crippen molar-refractivity contribution in [1.82, 2.24) is 24.2 Å². The maximum atomic E-state index is 14.3. The van der Waals surface area contributed by atoms with Crippen LogP contribution in [0, 0.1) is 19.7 Å². The molecule has 1 saturated heterocycles. The molecule has 2 aliphatic heterocycles. The first kappa shape index (κ1) is 21.5. The molecule has 2 aliphatic rings. The zero-order valence-electron chi connectivity index (χ0n) is 19.5. The third-order valence-electron chi connectivity index (χ3n) is 6.39.